The van der Waals surface area contributed by atoms with Crippen LogP contribution in [0.1, 0.15) is 76.0 Å². The van der Waals surface area contributed by atoms with Gasteiger partial charge in [0.25, 0.3) is 0 Å². The van der Waals surface area contributed by atoms with E-state index in [1.807, 2.05) is 32.9 Å². The number of nitrogens with zero attached hydrogens (tertiary/aromatic N) is 3. The van der Waals surface area contributed by atoms with Crippen molar-refractivity contribution in [1.29, 1.82) is 0 Å². The Balaban J connectivity index is 1.32. The highest BCUT2D eigenvalue weighted by Crippen LogP contribution is 2.35. The summed E-state index contributed by atoms with van der Waals surface area (Å²) in [7, 11) is 0. The number of piperidine rings is 1. The average Bonchev–Trinajstić information content (AvgIpc) is 3.79. The van der Waals surface area contributed by atoms with Gasteiger partial charge in [-0.1, -0.05) is 43.7 Å². The lowest BCUT2D eigenvalue weighted by Crippen LogP contribution is -2.62. The third-order valence-electron chi connectivity index (χ3n) is 11.4. The number of carbonyl (C=O) groups is 7. The molecule has 2 aromatic carbocycles. The summed E-state index contributed by atoms with van der Waals surface area (Å²) in [5.74, 6) is -6.31. The van der Waals surface area contributed by atoms with Crippen LogP contribution in [0.2, 0.25) is 0 Å². The molecule has 6 rings (SSSR count). The topological polar surface area (TPSA) is 175 Å². The molecule has 6 amide bonds. The van der Waals surface area contributed by atoms with Crippen molar-refractivity contribution in [3.8, 4) is 0 Å². The molecule has 4 aliphatic heterocycles. The van der Waals surface area contributed by atoms with E-state index in [-0.39, 0.29) is 50.9 Å². The normalized spacial score (nSPS) is 25.9. The van der Waals surface area contributed by atoms with E-state index in [0.717, 1.165) is 17.7 Å². The van der Waals surface area contributed by atoms with Crippen molar-refractivity contribution in [3.05, 3.63) is 70.8 Å². The minimum Gasteiger partial charge on any atom is -0.461 e. The van der Waals surface area contributed by atoms with Crippen molar-refractivity contribution < 1.29 is 47.1 Å². The molecule has 4 heterocycles. The molecule has 0 spiro atoms. The summed E-state index contributed by atoms with van der Waals surface area (Å²) in [6.07, 6.45) is 2.11. The van der Waals surface area contributed by atoms with E-state index in [4.69, 9.17) is 4.74 Å². The van der Waals surface area contributed by atoms with Gasteiger partial charge in [0, 0.05) is 32.1 Å². The first-order valence-corrected chi connectivity index (χ1v) is 20.0. The quantitative estimate of drug-likeness (QED) is 0.357. The van der Waals surface area contributed by atoms with Gasteiger partial charge in [0.05, 0.1) is 6.42 Å². The second-order valence-electron chi connectivity index (χ2n) is 16.8. The molecular weight excluding hydrogens is 754 g/mol. The molecule has 0 aromatic heterocycles. The van der Waals surface area contributed by atoms with Crippen LogP contribution in [0.3, 0.4) is 0 Å². The number of halogens is 2. The molecule has 3 unspecified atom stereocenters. The lowest BCUT2D eigenvalue weighted by atomic mass is 9.91. The van der Waals surface area contributed by atoms with Gasteiger partial charge >= 0.3 is 5.97 Å². The highest BCUT2D eigenvalue weighted by atomic mass is 19.1. The van der Waals surface area contributed by atoms with Gasteiger partial charge in [-0.2, -0.15) is 0 Å². The first kappa shape index (κ1) is 42.2. The number of benzene rings is 2. The molecule has 16 heteroatoms. The molecule has 6 atom stereocenters. The molecule has 58 heavy (non-hydrogen) atoms. The van der Waals surface area contributed by atoms with Gasteiger partial charge in [-0.3, -0.25) is 28.8 Å². The number of ether oxygens (including phenoxy) is 1. The number of fused-ring (bicyclic) bond motifs is 3. The molecule has 14 nitrogen and oxygen atoms in total. The van der Waals surface area contributed by atoms with Gasteiger partial charge < -0.3 is 35.4 Å². The first-order chi connectivity index (χ1) is 27.5. The highest BCUT2D eigenvalue weighted by molar-refractivity contribution is 5.98. The van der Waals surface area contributed by atoms with Crippen molar-refractivity contribution in [2.75, 3.05) is 26.2 Å². The van der Waals surface area contributed by atoms with E-state index in [1.54, 1.807) is 12.1 Å². The minimum atomic E-state index is -1.57. The molecule has 312 valence electrons. The number of carbonyl (C=O) groups excluding carboxylic acids is 7. The molecule has 0 saturated carbocycles. The van der Waals surface area contributed by atoms with Crippen LogP contribution in [0.15, 0.2) is 42.5 Å². The number of rotatable bonds is 7. The van der Waals surface area contributed by atoms with E-state index >= 15 is 0 Å². The molecule has 0 aliphatic carbocycles. The van der Waals surface area contributed by atoms with Gasteiger partial charge in [0.1, 0.15) is 54.5 Å². The number of hydrogen-bond acceptors (Lipinski definition) is 8. The summed E-state index contributed by atoms with van der Waals surface area (Å²) in [6.45, 7) is 7.09. The van der Waals surface area contributed by atoms with Gasteiger partial charge in [-0.05, 0) is 81.0 Å². The average molecular weight is 807 g/mol. The van der Waals surface area contributed by atoms with Crippen LogP contribution in [-0.2, 0) is 51.1 Å². The predicted octanol–water partition coefficient (Wildman–Crippen LogP) is 2.09. The monoisotopic (exact) mass is 806 g/mol. The molecule has 4 aliphatic rings. The Labute approximate surface area is 336 Å². The SMILES string of the molecule is Cc1ccc(CC(=O)N[C@@H](Cc2cc(F)cc(F)c2)C(=O)N[C@H]2COC(=O)C3CC(C)(C)CN3C(=O)[C@H](C)NC(=O)C3CCCCN3C(=O)C3CCCN3C2=O)cc1. The van der Waals surface area contributed by atoms with Crippen LogP contribution in [0.5, 0.6) is 0 Å². The van der Waals surface area contributed by atoms with Crippen LogP contribution in [0, 0.1) is 24.0 Å². The van der Waals surface area contributed by atoms with Crippen LogP contribution in [-0.4, -0.2) is 119 Å². The summed E-state index contributed by atoms with van der Waals surface area (Å²) < 4.78 is 34.3. The maximum Gasteiger partial charge on any atom is 0.328 e. The Hall–Kier alpha value is -5.41. The number of cyclic esters (lactones) is 1. The van der Waals surface area contributed by atoms with E-state index in [2.05, 4.69) is 16.0 Å². The molecule has 3 N–H and O–H groups in total. The number of hydrogen-bond donors (Lipinski definition) is 3. The molecule has 2 aromatic rings. The van der Waals surface area contributed by atoms with Gasteiger partial charge in [0.15, 0.2) is 0 Å². The van der Waals surface area contributed by atoms with Crippen molar-refractivity contribution in [1.82, 2.24) is 30.7 Å². The highest BCUT2D eigenvalue weighted by Gasteiger charge is 2.48. The fourth-order valence-corrected chi connectivity index (χ4v) is 8.50. The fraction of sp³-hybridized carbons (Fsp3) is 0.548. The van der Waals surface area contributed by atoms with Crippen LogP contribution in [0.25, 0.3) is 0 Å². The summed E-state index contributed by atoms with van der Waals surface area (Å²) in [6, 6.07) is 2.90. The fourth-order valence-electron chi connectivity index (χ4n) is 8.50. The van der Waals surface area contributed by atoms with Gasteiger partial charge in [-0.25, -0.2) is 13.6 Å². The Bertz CT molecular complexity index is 1920. The summed E-state index contributed by atoms with van der Waals surface area (Å²) >= 11 is 0. The second-order valence-corrected chi connectivity index (χ2v) is 16.8. The lowest BCUT2D eigenvalue weighted by molar-refractivity contribution is -0.158. The zero-order valence-corrected chi connectivity index (χ0v) is 33.4. The Morgan fingerprint density at radius 3 is 2.21 bits per heavy atom. The maximum atomic E-state index is 14.5. The van der Waals surface area contributed by atoms with Crippen LogP contribution >= 0.6 is 0 Å². The number of nitrogens with one attached hydrogen (secondary N) is 3. The van der Waals surface area contributed by atoms with E-state index < -0.39 is 101 Å². The molecule has 0 radical (unpaired) electrons. The standard InChI is InChI=1S/C42H52F2N6O8/c1-24-10-12-26(13-11-24)19-35(51)46-30(18-27-16-28(43)20-29(44)17-27)36(52)47-31-22-58-41(57)34-21-42(3,4)23-50(34)38(54)25(2)45-37(53)32-8-5-6-14-48(32)40(56)33-9-7-15-49(33)39(31)55/h10-13,16-17,20,25,30-34H,5-9,14-15,18-19,21-23H2,1-4H3,(H,45,53)(H,46,51)(H,47,52)/t25-,30-,31-,32?,33?,34?/m0/s1. The predicted molar refractivity (Wildman–Crippen MR) is 205 cm³/mol. The van der Waals surface area contributed by atoms with Crippen molar-refractivity contribution in [2.24, 2.45) is 5.41 Å². The number of amides is 6. The van der Waals surface area contributed by atoms with Crippen LogP contribution in [0.4, 0.5) is 8.78 Å². The molecule has 4 saturated heterocycles. The van der Waals surface area contributed by atoms with Gasteiger partial charge in [0.2, 0.25) is 35.4 Å². The lowest BCUT2D eigenvalue weighted by Gasteiger charge is -2.39. The first-order valence-electron chi connectivity index (χ1n) is 20.0. The number of esters is 1. The smallest absolute Gasteiger partial charge is 0.328 e. The maximum absolute atomic E-state index is 14.5. The summed E-state index contributed by atoms with van der Waals surface area (Å²) in [5, 5.41) is 8.03. The van der Waals surface area contributed by atoms with E-state index in [9.17, 15) is 42.3 Å². The molecule has 4 fully saturated rings. The number of aryl methyl sites for hydroxylation is 1. The third kappa shape index (κ3) is 9.81. The minimum absolute atomic E-state index is 0.0530. The van der Waals surface area contributed by atoms with E-state index in [1.165, 1.54) is 21.6 Å². The van der Waals surface area contributed by atoms with Crippen molar-refractivity contribution in [2.45, 2.75) is 115 Å². The molecular formula is C42H52F2N6O8. The Kier molecular flexibility index (Phi) is 12.8. The second kappa shape index (κ2) is 17.6. The third-order valence-corrected chi connectivity index (χ3v) is 11.4. The Morgan fingerprint density at radius 1 is 0.845 bits per heavy atom. The van der Waals surface area contributed by atoms with Crippen LogP contribution < -0.4 is 16.0 Å². The summed E-state index contributed by atoms with van der Waals surface area (Å²) in [5.41, 5.74) is 1.17. The van der Waals surface area contributed by atoms with Crippen molar-refractivity contribution >= 4 is 41.4 Å². The zero-order chi connectivity index (χ0) is 41.9. The Morgan fingerprint density at radius 2 is 1.50 bits per heavy atom. The largest absolute Gasteiger partial charge is 0.461 e. The molecule has 0 bridgehead atoms. The zero-order valence-electron chi connectivity index (χ0n) is 33.4. The van der Waals surface area contributed by atoms with Gasteiger partial charge in [-0.15, -0.1) is 0 Å². The van der Waals surface area contributed by atoms with E-state index in [0.29, 0.717) is 37.3 Å². The van der Waals surface area contributed by atoms with Crippen molar-refractivity contribution in [3.63, 3.8) is 0 Å². The summed E-state index contributed by atoms with van der Waals surface area (Å²) in [4.78, 5) is 102.